The number of benzene rings is 1. The SMILES string of the molecule is NC(N)=NCCCC(NS(=O)(=O)c1cccc2c1CCCC2)C(=O)N(CC(=O)O)CC1CCCO1. The fourth-order valence-electron chi connectivity index (χ4n) is 4.64. The van der Waals surface area contributed by atoms with E-state index in [1.54, 1.807) is 12.1 Å². The summed E-state index contributed by atoms with van der Waals surface area (Å²) in [4.78, 5) is 30.2. The molecule has 0 aromatic heterocycles. The van der Waals surface area contributed by atoms with E-state index in [2.05, 4.69) is 9.71 Å². The first-order valence-electron chi connectivity index (χ1n) is 12.0. The molecule has 0 bridgehead atoms. The number of carboxylic acids is 1. The number of sulfonamides is 1. The number of aliphatic imine (C=N–C) groups is 1. The quantitative estimate of drug-likeness (QED) is 0.177. The van der Waals surface area contributed by atoms with E-state index in [-0.39, 0.29) is 36.5 Å². The number of fused-ring (bicyclic) bond motifs is 1. The lowest BCUT2D eigenvalue weighted by molar-refractivity contribution is -0.146. The molecule has 1 aromatic carbocycles. The average molecular weight is 510 g/mol. The molecule has 12 heteroatoms. The second-order valence-electron chi connectivity index (χ2n) is 8.97. The highest BCUT2D eigenvalue weighted by molar-refractivity contribution is 7.89. The van der Waals surface area contributed by atoms with Crippen LogP contribution in [0.4, 0.5) is 0 Å². The van der Waals surface area contributed by atoms with Crippen LogP contribution in [0.5, 0.6) is 0 Å². The van der Waals surface area contributed by atoms with Crippen molar-refractivity contribution < 1.29 is 27.9 Å². The minimum Gasteiger partial charge on any atom is -0.480 e. The number of amides is 1. The van der Waals surface area contributed by atoms with Crippen molar-refractivity contribution in [3.8, 4) is 0 Å². The third kappa shape index (κ3) is 7.64. The minimum absolute atomic E-state index is 0.0813. The van der Waals surface area contributed by atoms with Crippen LogP contribution < -0.4 is 16.2 Å². The fraction of sp³-hybridized carbons (Fsp3) is 0.609. The van der Waals surface area contributed by atoms with E-state index in [9.17, 15) is 23.1 Å². The third-order valence-electron chi connectivity index (χ3n) is 6.27. The summed E-state index contributed by atoms with van der Waals surface area (Å²) in [6.45, 7) is 0.288. The van der Waals surface area contributed by atoms with Crippen LogP contribution in [-0.4, -0.2) is 74.6 Å². The van der Waals surface area contributed by atoms with Crippen LogP contribution in [0.15, 0.2) is 28.1 Å². The number of nitrogens with two attached hydrogens (primary N) is 2. The van der Waals surface area contributed by atoms with E-state index >= 15 is 0 Å². The molecular weight excluding hydrogens is 474 g/mol. The van der Waals surface area contributed by atoms with Crippen LogP contribution in [-0.2, 0) is 37.2 Å². The van der Waals surface area contributed by atoms with Crippen molar-refractivity contribution in [2.75, 3.05) is 26.2 Å². The Labute approximate surface area is 206 Å². The molecule has 1 aliphatic carbocycles. The Hall–Kier alpha value is -2.70. The zero-order valence-electron chi connectivity index (χ0n) is 19.8. The summed E-state index contributed by atoms with van der Waals surface area (Å²) in [6, 6.07) is 4.02. The van der Waals surface area contributed by atoms with Gasteiger partial charge in [-0.2, -0.15) is 4.72 Å². The molecule has 35 heavy (non-hydrogen) atoms. The molecule has 0 saturated carbocycles. The Morgan fingerprint density at radius 2 is 2.00 bits per heavy atom. The molecule has 2 atom stereocenters. The Bertz CT molecular complexity index is 1030. The van der Waals surface area contributed by atoms with Gasteiger partial charge in [-0.05, 0) is 68.6 Å². The standard InChI is InChI=1S/C23H35N5O6S/c24-23(25)26-12-4-10-19(22(31)28(15-21(29)30)14-17-8-5-13-34-17)27-35(32,33)20-11-3-7-16-6-1-2-9-18(16)20/h3,7,11,17,19,27H,1-2,4-6,8-10,12-15H2,(H,29,30)(H4,24,25,26). The first-order valence-corrected chi connectivity index (χ1v) is 13.5. The molecule has 1 aliphatic heterocycles. The van der Waals surface area contributed by atoms with Crippen LogP contribution in [0.3, 0.4) is 0 Å². The summed E-state index contributed by atoms with van der Waals surface area (Å²) in [7, 11) is -4.05. The van der Waals surface area contributed by atoms with Crippen molar-refractivity contribution >= 4 is 27.9 Å². The number of aliphatic carboxylic acids is 1. The van der Waals surface area contributed by atoms with Crippen molar-refractivity contribution in [3.63, 3.8) is 0 Å². The summed E-state index contributed by atoms with van der Waals surface area (Å²) in [5, 5.41) is 9.39. The minimum atomic E-state index is -4.05. The summed E-state index contributed by atoms with van der Waals surface area (Å²) < 4.78 is 35.1. The number of ether oxygens (including phenoxy) is 1. The van der Waals surface area contributed by atoms with Crippen molar-refractivity contribution in [1.82, 2.24) is 9.62 Å². The van der Waals surface area contributed by atoms with Crippen LogP contribution in [0.2, 0.25) is 0 Å². The van der Waals surface area contributed by atoms with Crippen LogP contribution in [0, 0.1) is 0 Å². The highest BCUT2D eigenvalue weighted by atomic mass is 32.2. The summed E-state index contributed by atoms with van der Waals surface area (Å²) >= 11 is 0. The molecule has 1 amide bonds. The Morgan fingerprint density at radius 3 is 2.69 bits per heavy atom. The van der Waals surface area contributed by atoms with Crippen molar-refractivity contribution in [3.05, 3.63) is 29.3 Å². The van der Waals surface area contributed by atoms with Gasteiger partial charge in [-0.1, -0.05) is 12.1 Å². The van der Waals surface area contributed by atoms with Crippen molar-refractivity contribution in [1.29, 1.82) is 0 Å². The molecule has 0 spiro atoms. The largest absolute Gasteiger partial charge is 0.480 e. The summed E-state index contributed by atoms with van der Waals surface area (Å²) in [5.74, 6) is -1.90. The lowest BCUT2D eigenvalue weighted by Gasteiger charge is -2.29. The highest BCUT2D eigenvalue weighted by Gasteiger charge is 2.33. The molecule has 0 radical (unpaired) electrons. The second-order valence-corrected chi connectivity index (χ2v) is 10.7. The van der Waals surface area contributed by atoms with Gasteiger partial charge in [-0.15, -0.1) is 0 Å². The van der Waals surface area contributed by atoms with E-state index in [4.69, 9.17) is 16.2 Å². The molecule has 1 fully saturated rings. The summed E-state index contributed by atoms with van der Waals surface area (Å²) in [6.07, 6.45) is 5.05. The van der Waals surface area contributed by atoms with Gasteiger partial charge < -0.3 is 26.2 Å². The van der Waals surface area contributed by atoms with Crippen LogP contribution in [0.1, 0.15) is 49.7 Å². The van der Waals surface area contributed by atoms with Gasteiger partial charge in [0.15, 0.2) is 5.96 Å². The molecule has 1 heterocycles. The van der Waals surface area contributed by atoms with E-state index in [1.165, 1.54) is 0 Å². The van der Waals surface area contributed by atoms with E-state index in [0.717, 1.165) is 41.7 Å². The van der Waals surface area contributed by atoms with E-state index in [0.29, 0.717) is 25.9 Å². The molecular formula is C23H35N5O6S. The number of rotatable bonds is 12. The molecule has 1 aromatic rings. The van der Waals surface area contributed by atoms with E-state index < -0.39 is 34.5 Å². The van der Waals surface area contributed by atoms with Crippen LogP contribution in [0.25, 0.3) is 0 Å². The zero-order valence-corrected chi connectivity index (χ0v) is 20.6. The van der Waals surface area contributed by atoms with Gasteiger partial charge in [0.05, 0.1) is 11.0 Å². The lowest BCUT2D eigenvalue weighted by atomic mass is 9.92. The smallest absolute Gasteiger partial charge is 0.323 e. The lowest BCUT2D eigenvalue weighted by Crippen LogP contribution is -2.51. The summed E-state index contributed by atoms with van der Waals surface area (Å²) in [5.41, 5.74) is 12.5. The number of carbonyl (C=O) groups is 2. The van der Waals surface area contributed by atoms with E-state index in [1.807, 2.05) is 6.07 Å². The van der Waals surface area contributed by atoms with Gasteiger partial charge in [-0.3, -0.25) is 14.6 Å². The van der Waals surface area contributed by atoms with Crippen molar-refractivity contribution in [2.24, 2.45) is 16.5 Å². The van der Waals surface area contributed by atoms with Gasteiger partial charge in [0.1, 0.15) is 12.6 Å². The van der Waals surface area contributed by atoms with Gasteiger partial charge in [0.2, 0.25) is 15.9 Å². The van der Waals surface area contributed by atoms with Gasteiger partial charge in [0, 0.05) is 19.7 Å². The number of nitrogens with one attached hydrogen (secondary N) is 1. The van der Waals surface area contributed by atoms with Gasteiger partial charge >= 0.3 is 5.97 Å². The first-order chi connectivity index (χ1) is 16.7. The number of hydrogen-bond acceptors (Lipinski definition) is 6. The Kier molecular flexibility index (Phi) is 9.47. The number of hydrogen-bond donors (Lipinski definition) is 4. The maximum atomic E-state index is 13.5. The number of aryl methyl sites for hydroxylation is 1. The molecule has 194 valence electrons. The zero-order chi connectivity index (χ0) is 25.4. The molecule has 6 N–H and O–H groups in total. The van der Waals surface area contributed by atoms with Crippen molar-refractivity contribution in [2.45, 2.75) is 68.4 Å². The maximum absolute atomic E-state index is 13.5. The number of guanidine groups is 1. The molecule has 1 saturated heterocycles. The Balaban J connectivity index is 1.85. The number of carboxylic acid groups (broad SMARTS) is 1. The fourth-order valence-corrected chi connectivity index (χ4v) is 6.17. The first kappa shape index (κ1) is 26.9. The third-order valence-corrected chi connectivity index (χ3v) is 7.83. The normalized spacial score (nSPS) is 18.5. The van der Waals surface area contributed by atoms with Gasteiger partial charge in [0.25, 0.3) is 0 Å². The molecule has 2 unspecified atom stereocenters. The molecule has 2 aliphatic rings. The topological polar surface area (TPSA) is 177 Å². The predicted octanol–water partition coefficient (Wildman–Crippen LogP) is 0.358. The average Bonchev–Trinajstić information content (AvgIpc) is 3.32. The van der Waals surface area contributed by atoms with Crippen LogP contribution >= 0.6 is 0 Å². The second kappa shape index (κ2) is 12.3. The monoisotopic (exact) mass is 509 g/mol. The number of nitrogens with zero attached hydrogens (tertiary/aromatic N) is 2. The molecule has 3 rings (SSSR count). The Morgan fingerprint density at radius 1 is 1.23 bits per heavy atom. The predicted molar refractivity (Wildman–Crippen MR) is 130 cm³/mol. The maximum Gasteiger partial charge on any atom is 0.323 e. The van der Waals surface area contributed by atoms with Gasteiger partial charge in [-0.25, -0.2) is 8.42 Å². The highest BCUT2D eigenvalue weighted by Crippen LogP contribution is 2.28. The number of carbonyl (C=O) groups excluding carboxylic acids is 1. The molecule has 11 nitrogen and oxygen atoms in total.